The lowest BCUT2D eigenvalue weighted by Crippen LogP contribution is -2.18. The van der Waals surface area contributed by atoms with Crippen LogP contribution in [0.5, 0.6) is 0 Å². The molecule has 0 spiro atoms. The van der Waals surface area contributed by atoms with Crippen LogP contribution in [-0.2, 0) is 6.54 Å². The maximum Gasteiger partial charge on any atom is 0.250 e. The van der Waals surface area contributed by atoms with Gasteiger partial charge in [0.25, 0.3) is 5.56 Å². The Bertz CT molecular complexity index is 471. The highest BCUT2D eigenvalue weighted by Crippen LogP contribution is 2.21. The number of rotatable bonds is 5. The summed E-state index contributed by atoms with van der Waals surface area (Å²) >= 11 is 3.35. The molecule has 0 saturated heterocycles. The standard InChI is InChI=1S/C13H17BrN2O/c1-13(2,10-15)7-3-4-8-16-9-11(14)5-6-12(16)17/h5-6,9H,3-4,7-8H2,1-2H3. The summed E-state index contributed by atoms with van der Waals surface area (Å²) in [7, 11) is 0. The predicted molar refractivity (Wildman–Crippen MR) is 71.6 cm³/mol. The number of hydrogen-bond acceptors (Lipinski definition) is 2. The molecule has 0 aliphatic carbocycles. The number of unbranched alkanes of at least 4 members (excludes halogenated alkanes) is 1. The Morgan fingerprint density at radius 3 is 2.76 bits per heavy atom. The number of aryl methyl sites for hydroxylation is 1. The summed E-state index contributed by atoms with van der Waals surface area (Å²) in [6.45, 7) is 4.59. The molecule has 1 rings (SSSR count). The minimum absolute atomic E-state index is 0.0211. The van der Waals surface area contributed by atoms with Crippen LogP contribution in [0.25, 0.3) is 0 Å². The van der Waals surface area contributed by atoms with Gasteiger partial charge < -0.3 is 4.57 Å². The molecule has 0 aliphatic rings. The predicted octanol–water partition coefficient (Wildman–Crippen LogP) is 3.33. The zero-order chi connectivity index (χ0) is 12.9. The van der Waals surface area contributed by atoms with E-state index in [1.807, 2.05) is 13.8 Å². The Morgan fingerprint density at radius 2 is 2.12 bits per heavy atom. The van der Waals surface area contributed by atoms with Crippen LogP contribution in [0.1, 0.15) is 33.1 Å². The molecule has 17 heavy (non-hydrogen) atoms. The number of halogens is 1. The molecule has 92 valence electrons. The van der Waals surface area contributed by atoms with E-state index >= 15 is 0 Å². The van der Waals surface area contributed by atoms with Gasteiger partial charge in [-0.1, -0.05) is 6.42 Å². The molecule has 0 radical (unpaired) electrons. The number of nitriles is 1. The maximum atomic E-state index is 11.5. The molecule has 0 N–H and O–H groups in total. The zero-order valence-electron chi connectivity index (χ0n) is 10.2. The third-order valence-corrected chi connectivity index (χ3v) is 3.17. The largest absolute Gasteiger partial charge is 0.314 e. The van der Waals surface area contributed by atoms with Gasteiger partial charge >= 0.3 is 0 Å². The lowest BCUT2D eigenvalue weighted by molar-refractivity contribution is 0.415. The lowest BCUT2D eigenvalue weighted by Gasteiger charge is -2.14. The van der Waals surface area contributed by atoms with Gasteiger partial charge in [-0.15, -0.1) is 0 Å². The Labute approximate surface area is 110 Å². The first-order valence-electron chi connectivity index (χ1n) is 5.72. The third kappa shape index (κ3) is 4.74. The maximum absolute atomic E-state index is 11.5. The second kappa shape index (κ2) is 6.02. The van der Waals surface area contributed by atoms with Crippen LogP contribution in [0.2, 0.25) is 0 Å². The number of pyridine rings is 1. The number of nitrogens with zero attached hydrogens (tertiary/aromatic N) is 2. The molecule has 0 saturated carbocycles. The monoisotopic (exact) mass is 296 g/mol. The first-order valence-corrected chi connectivity index (χ1v) is 6.51. The molecule has 4 heteroatoms. The van der Waals surface area contributed by atoms with E-state index in [1.165, 1.54) is 0 Å². The topological polar surface area (TPSA) is 45.8 Å². The summed E-state index contributed by atoms with van der Waals surface area (Å²) in [4.78, 5) is 11.5. The highest BCUT2D eigenvalue weighted by molar-refractivity contribution is 9.10. The molecule has 0 amide bonds. The molecule has 3 nitrogen and oxygen atoms in total. The Morgan fingerprint density at radius 1 is 1.41 bits per heavy atom. The van der Waals surface area contributed by atoms with Crippen LogP contribution in [0, 0.1) is 16.7 Å². The molecule has 1 aromatic rings. The number of hydrogen-bond donors (Lipinski definition) is 0. The van der Waals surface area contributed by atoms with Gasteiger partial charge in [0.05, 0.1) is 11.5 Å². The van der Waals surface area contributed by atoms with Crippen molar-refractivity contribution in [3.05, 3.63) is 33.2 Å². The summed E-state index contributed by atoms with van der Waals surface area (Å²) in [6, 6.07) is 5.59. The smallest absolute Gasteiger partial charge is 0.250 e. The van der Waals surface area contributed by atoms with Crippen molar-refractivity contribution in [2.24, 2.45) is 5.41 Å². The Kier molecular flexibility index (Phi) is 4.95. The third-order valence-electron chi connectivity index (χ3n) is 2.70. The average Bonchev–Trinajstić information content (AvgIpc) is 2.29. The van der Waals surface area contributed by atoms with Crippen LogP contribution in [0.4, 0.5) is 0 Å². The van der Waals surface area contributed by atoms with Crippen molar-refractivity contribution < 1.29 is 0 Å². The molecule has 0 unspecified atom stereocenters. The molecular formula is C13H17BrN2O. The van der Waals surface area contributed by atoms with E-state index in [0.29, 0.717) is 6.54 Å². The van der Waals surface area contributed by atoms with Gasteiger partial charge in [-0.2, -0.15) is 5.26 Å². The van der Waals surface area contributed by atoms with E-state index in [-0.39, 0.29) is 11.0 Å². The fourth-order valence-electron chi connectivity index (χ4n) is 1.58. The van der Waals surface area contributed by atoms with Gasteiger partial charge in [0.1, 0.15) is 0 Å². The van der Waals surface area contributed by atoms with E-state index in [4.69, 9.17) is 5.26 Å². The van der Waals surface area contributed by atoms with Gasteiger partial charge in [-0.05, 0) is 48.7 Å². The second-order valence-electron chi connectivity index (χ2n) is 4.83. The van der Waals surface area contributed by atoms with E-state index in [0.717, 1.165) is 23.7 Å². The minimum Gasteiger partial charge on any atom is -0.314 e. The average molecular weight is 297 g/mol. The Hall–Kier alpha value is -1.08. The van der Waals surface area contributed by atoms with E-state index in [1.54, 1.807) is 22.9 Å². The highest BCUT2D eigenvalue weighted by Gasteiger charge is 2.15. The first kappa shape index (κ1) is 14.0. The molecule has 0 aromatic carbocycles. The van der Waals surface area contributed by atoms with Gasteiger partial charge in [-0.25, -0.2) is 0 Å². The Balaban J connectivity index is 2.45. The van der Waals surface area contributed by atoms with E-state index in [2.05, 4.69) is 22.0 Å². The summed E-state index contributed by atoms with van der Waals surface area (Å²) in [5.41, 5.74) is -0.241. The van der Waals surface area contributed by atoms with Gasteiger partial charge in [-0.3, -0.25) is 4.79 Å². The molecule has 0 fully saturated rings. The molecule has 0 bridgehead atoms. The second-order valence-corrected chi connectivity index (χ2v) is 5.75. The van der Waals surface area contributed by atoms with Gasteiger partial charge in [0.15, 0.2) is 0 Å². The van der Waals surface area contributed by atoms with Crippen LogP contribution < -0.4 is 5.56 Å². The highest BCUT2D eigenvalue weighted by atomic mass is 79.9. The number of aromatic nitrogens is 1. The fourth-order valence-corrected chi connectivity index (χ4v) is 1.96. The van der Waals surface area contributed by atoms with Crippen LogP contribution in [0.15, 0.2) is 27.6 Å². The summed E-state index contributed by atoms with van der Waals surface area (Å²) in [6.07, 6.45) is 4.55. The quantitative estimate of drug-likeness (QED) is 0.783. The summed E-state index contributed by atoms with van der Waals surface area (Å²) in [5, 5.41) is 8.88. The van der Waals surface area contributed by atoms with Crippen molar-refractivity contribution in [3.63, 3.8) is 0 Å². The zero-order valence-corrected chi connectivity index (χ0v) is 11.8. The lowest BCUT2D eigenvalue weighted by atomic mass is 9.89. The SMILES string of the molecule is CC(C)(C#N)CCCCn1cc(Br)ccc1=O. The van der Waals surface area contributed by atoms with Crippen molar-refractivity contribution in [2.75, 3.05) is 0 Å². The molecule has 0 aliphatic heterocycles. The summed E-state index contributed by atoms with van der Waals surface area (Å²) < 4.78 is 2.61. The van der Waals surface area contributed by atoms with Crippen LogP contribution in [-0.4, -0.2) is 4.57 Å². The molecular weight excluding hydrogens is 280 g/mol. The van der Waals surface area contributed by atoms with Crippen LogP contribution >= 0.6 is 15.9 Å². The van der Waals surface area contributed by atoms with Crippen LogP contribution in [0.3, 0.4) is 0 Å². The fraction of sp³-hybridized carbons (Fsp3) is 0.538. The summed E-state index contributed by atoms with van der Waals surface area (Å²) in [5.74, 6) is 0. The molecule has 0 atom stereocenters. The normalized spacial score (nSPS) is 11.2. The minimum atomic E-state index is -0.262. The van der Waals surface area contributed by atoms with Crippen molar-refractivity contribution in [1.29, 1.82) is 5.26 Å². The van der Waals surface area contributed by atoms with Crippen molar-refractivity contribution in [3.8, 4) is 6.07 Å². The van der Waals surface area contributed by atoms with Crippen molar-refractivity contribution in [1.82, 2.24) is 4.57 Å². The van der Waals surface area contributed by atoms with E-state index < -0.39 is 0 Å². The van der Waals surface area contributed by atoms with Crippen molar-refractivity contribution >= 4 is 15.9 Å². The van der Waals surface area contributed by atoms with E-state index in [9.17, 15) is 4.79 Å². The first-order chi connectivity index (χ1) is 7.94. The molecule has 1 aromatic heterocycles. The molecule has 1 heterocycles. The van der Waals surface area contributed by atoms with Gasteiger partial charge in [0.2, 0.25) is 0 Å². The van der Waals surface area contributed by atoms with Crippen molar-refractivity contribution in [2.45, 2.75) is 39.7 Å². The van der Waals surface area contributed by atoms with Gasteiger partial charge in [0, 0.05) is 23.3 Å².